The quantitative estimate of drug-likeness (QED) is 0.221. The van der Waals surface area contributed by atoms with E-state index >= 15 is 0 Å². The number of hydrogen-bond acceptors (Lipinski definition) is 1. The fourth-order valence-corrected chi connectivity index (χ4v) is 6.70. The SMILES string of the molecule is c1ccc2cc(-c3ccc4oc5ccc(-c6ccc7ccccc7c6)c6cccc(c7cccc3c47)c56)ccc2c1. The summed E-state index contributed by atoms with van der Waals surface area (Å²) in [6.45, 7) is 0. The molecule has 1 nitrogen and oxygen atoms in total. The monoisotopic (exact) mass is 520 g/mol. The molecule has 0 aliphatic heterocycles. The fourth-order valence-electron chi connectivity index (χ4n) is 6.70. The molecule has 0 N–H and O–H groups in total. The molecule has 9 aromatic rings. The summed E-state index contributed by atoms with van der Waals surface area (Å²) in [5.41, 5.74) is 6.66. The van der Waals surface area contributed by atoms with Gasteiger partial charge in [-0.25, -0.2) is 0 Å². The van der Waals surface area contributed by atoms with Crippen molar-refractivity contribution < 1.29 is 4.42 Å². The van der Waals surface area contributed by atoms with E-state index in [1.807, 2.05) is 0 Å². The van der Waals surface area contributed by atoms with E-state index in [9.17, 15) is 0 Å². The van der Waals surface area contributed by atoms with Gasteiger partial charge in [-0.2, -0.15) is 0 Å². The van der Waals surface area contributed by atoms with Crippen molar-refractivity contribution in [3.63, 3.8) is 0 Å². The van der Waals surface area contributed by atoms with Crippen LogP contribution in [0.4, 0.5) is 0 Å². The summed E-state index contributed by atoms with van der Waals surface area (Å²) in [5.74, 6) is 0. The van der Waals surface area contributed by atoms with Crippen molar-refractivity contribution in [2.24, 2.45) is 0 Å². The van der Waals surface area contributed by atoms with Gasteiger partial charge in [0, 0.05) is 10.8 Å². The van der Waals surface area contributed by atoms with Crippen LogP contribution in [0.2, 0.25) is 0 Å². The molecule has 0 unspecified atom stereocenters. The summed E-state index contributed by atoms with van der Waals surface area (Å²) in [7, 11) is 0. The first-order valence-electron chi connectivity index (χ1n) is 14.1. The van der Waals surface area contributed by atoms with Gasteiger partial charge in [0.15, 0.2) is 0 Å². The van der Waals surface area contributed by atoms with Gasteiger partial charge in [0.1, 0.15) is 11.2 Å². The lowest BCUT2D eigenvalue weighted by molar-refractivity contribution is 0.664. The predicted molar refractivity (Wildman–Crippen MR) is 175 cm³/mol. The average Bonchev–Trinajstić information content (AvgIpc) is 3.17. The summed E-state index contributed by atoms with van der Waals surface area (Å²) in [6.07, 6.45) is 0. The minimum atomic E-state index is 0.899. The largest absolute Gasteiger partial charge is 0.456 e. The van der Waals surface area contributed by atoms with Crippen LogP contribution in [0, 0.1) is 0 Å². The highest BCUT2D eigenvalue weighted by atomic mass is 16.3. The molecule has 8 aromatic carbocycles. The van der Waals surface area contributed by atoms with E-state index in [2.05, 4.69) is 146 Å². The van der Waals surface area contributed by atoms with E-state index in [1.165, 1.54) is 65.3 Å². The van der Waals surface area contributed by atoms with Crippen LogP contribution in [0.5, 0.6) is 0 Å². The molecule has 0 atom stereocenters. The smallest absolute Gasteiger partial charge is 0.135 e. The Morgan fingerprint density at radius 2 is 0.756 bits per heavy atom. The molecule has 0 fully saturated rings. The third kappa shape index (κ3) is 3.36. The van der Waals surface area contributed by atoms with E-state index in [0.717, 1.165) is 21.9 Å². The molecule has 0 radical (unpaired) electrons. The van der Waals surface area contributed by atoms with Crippen LogP contribution in [0.15, 0.2) is 150 Å². The molecule has 0 bridgehead atoms. The van der Waals surface area contributed by atoms with Crippen LogP contribution >= 0.6 is 0 Å². The van der Waals surface area contributed by atoms with Crippen LogP contribution in [-0.4, -0.2) is 0 Å². The fraction of sp³-hybridized carbons (Fsp3) is 0. The Kier molecular flexibility index (Phi) is 4.67. The van der Waals surface area contributed by atoms with E-state index in [-0.39, 0.29) is 0 Å². The van der Waals surface area contributed by atoms with Gasteiger partial charge >= 0.3 is 0 Å². The van der Waals surface area contributed by atoms with Crippen LogP contribution in [0.3, 0.4) is 0 Å². The zero-order valence-corrected chi connectivity index (χ0v) is 22.3. The third-order valence-electron chi connectivity index (χ3n) is 8.64. The van der Waals surface area contributed by atoms with Crippen LogP contribution in [0.1, 0.15) is 0 Å². The van der Waals surface area contributed by atoms with Gasteiger partial charge in [-0.3, -0.25) is 0 Å². The molecule has 0 aliphatic carbocycles. The first-order chi connectivity index (χ1) is 20.3. The lowest BCUT2D eigenvalue weighted by Gasteiger charge is -2.11. The molecule has 0 amide bonds. The standard InChI is InChI=1S/C40H24O/c1-3-9-27-23-29(17-15-25(27)7-1)31-19-21-37-39-33(31)11-5-13-35(39)36-14-6-12-34-32(20-22-38(41-37)40(34)36)30-18-16-26-8-2-4-10-28(26)24-30/h1-24H. The van der Waals surface area contributed by atoms with Crippen molar-refractivity contribution in [3.8, 4) is 22.3 Å². The van der Waals surface area contributed by atoms with Crippen molar-refractivity contribution in [1.82, 2.24) is 0 Å². The van der Waals surface area contributed by atoms with Gasteiger partial charge in [-0.1, -0.05) is 121 Å². The molecule has 41 heavy (non-hydrogen) atoms. The predicted octanol–water partition coefficient (Wildman–Crippen LogP) is 11.5. The van der Waals surface area contributed by atoms with E-state index in [1.54, 1.807) is 0 Å². The Hall–Kier alpha value is -5.40. The second-order valence-electron chi connectivity index (χ2n) is 10.9. The highest BCUT2D eigenvalue weighted by Gasteiger charge is 2.16. The Bertz CT molecular complexity index is 2300. The summed E-state index contributed by atoms with van der Waals surface area (Å²) in [6, 6.07) is 52.6. The third-order valence-corrected chi connectivity index (χ3v) is 8.64. The molecule has 1 aromatic heterocycles. The maximum absolute atomic E-state index is 6.77. The normalized spacial score (nSPS) is 11.9. The van der Waals surface area contributed by atoms with Gasteiger partial charge in [-0.05, 0) is 89.6 Å². The Balaban J connectivity index is 1.36. The van der Waals surface area contributed by atoms with Gasteiger partial charge in [0.25, 0.3) is 0 Å². The number of fused-ring (bicyclic) bond motifs is 3. The zero-order chi connectivity index (χ0) is 26.9. The first kappa shape index (κ1) is 22.4. The molecule has 0 saturated heterocycles. The minimum absolute atomic E-state index is 0.899. The zero-order valence-electron chi connectivity index (χ0n) is 22.3. The summed E-state index contributed by atoms with van der Waals surface area (Å²) in [4.78, 5) is 0. The topological polar surface area (TPSA) is 13.1 Å². The Morgan fingerprint density at radius 3 is 1.24 bits per heavy atom. The summed E-state index contributed by atoms with van der Waals surface area (Å²) in [5, 5.41) is 12.1. The lowest BCUT2D eigenvalue weighted by Crippen LogP contribution is -1.85. The highest BCUT2D eigenvalue weighted by molar-refractivity contribution is 6.26. The molecule has 0 aliphatic rings. The number of rotatable bonds is 2. The van der Waals surface area contributed by atoms with Gasteiger partial charge in [0.05, 0.1) is 0 Å². The van der Waals surface area contributed by atoms with Crippen LogP contribution in [-0.2, 0) is 0 Å². The maximum atomic E-state index is 6.77. The first-order valence-corrected chi connectivity index (χ1v) is 14.1. The molecular weight excluding hydrogens is 496 g/mol. The molecular formula is C40H24O. The number of hydrogen-bond donors (Lipinski definition) is 0. The molecule has 1 heterocycles. The van der Waals surface area contributed by atoms with Crippen LogP contribution < -0.4 is 0 Å². The molecule has 9 rings (SSSR count). The van der Waals surface area contributed by atoms with Gasteiger partial charge in [0.2, 0.25) is 0 Å². The van der Waals surface area contributed by atoms with Crippen molar-refractivity contribution in [3.05, 3.63) is 146 Å². The van der Waals surface area contributed by atoms with Crippen molar-refractivity contribution >= 4 is 65.0 Å². The van der Waals surface area contributed by atoms with Crippen molar-refractivity contribution in [1.29, 1.82) is 0 Å². The van der Waals surface area contributed by atoms with Gasteiger partial charge < -0.3 is 4.42 Å². The van der Waals surface area contributed by atoms with Crippen molar-refractivity contribution in [2.75, 3.05) is 0 Å². The van der Waals surface area contributed by atoms with Crippen LogP contribution in [0.25, 0.3) is 87.3 Å². The summed E-state index contributed by atoms with van der Waals surface area (Å²) >= 11 is 0. The minimum Gasteiger partial charge on any atom is -0.456 e. The van der Waals surface area contributed by atoms with Crippen molar-refractivity contribution in [2.45, 2.75) is 0 Å². The molecule has 0 saturated carbocycles. The van der Waals surface area contributed by atoms with E-state index in [0.29, 0.717) is 0 Å². The Morgan fingerprint density at radius 1 is 0.317 bits per heavy atom. The average molecular weight is 521 g/mol. The van der Waals surface area contributed by atoms with Gasteiger partial charge in [-0.15, -0.1) is 0 Å². The van der Waals surface area contributed by atoms with E-state index < -0.39 is 0 Å². The molecule has 0 spiro atoms. The number of benzene rings is 8. The molecule has 1 heteroatoms. The maximum Gasteiger partial charge on any atom is 0.135 e. The Labute approximate surface area is 236 Å². The second-order valence-corrected chi connectivity index (χ2v) is 10.9. The highest BCUT2D eigenvalue weighted by Crippen LogP contribution is 2.42. The molecule has 190 valence electrons. The summed E-state index contributed by atoms with van der Waals surface area (Å²) < 4.78 is 6.77. The second kappa shape index (κ2) is 8.55. The lowest BCUT2D eigenvalue weighted by atomic mass is 9.92. The van der Waals surface area contributed by atoms with E-state index in [4.69, 9.17) is 4.42 Å².